The van der Waals surface area contributed by atoms with Crippen molar-refractivity contribution in [3.63, 3.8) is 0 Å². The minimum atomic E-state index is -0.466. The number of Topliss-reactive ketones (excluding diaryl/α,β-unsaturated/α-hetero) is 1. The lowest BCUT2D eigenvalue weighted by atomic mass is 10.0. The highest BCUT2D eigenvalue weighted by molar-refractivity contribution is 6.04. The van der Waals surface area contributed by atoms with Crippen LogP contribution < -0.4 is 9.64 Å². The van der Waals surface area contributed by atoms with Crippen LogP contribution in [-0.2, 0) is 14.3 Å². The molecule has 25 heavy (non-hydrogen) atoms. The maximum atomic E-state index is 12.2. The first-order valence-corrected chi connectivity index (χ1v) is 8.68. The number of carbonyl (C=O) groups is 3. The van der Waals surface area contributed by atoms with E-state index in [4.69, 9.17) is 9.47 Å². The third-order valence-corrected chi connectivity index (χ3v) is 3.95. The van der Waals surface area contributed by atoms with Gasteiger partial charge in [-0.3, -0.25) is 19.3 Å². The molecule has 1 aromatic rings. The molecule has 0 N–H and O–H groups in total. The van der Waals surface area contributed by atoms with E-state index in [9.17, 15) is 14.4 Å². The monoisotopic (exact) mass is 347 g/mol. The van der Waals surface area contributed by atoms with Gasteiger partial charge in [0.2, 0.25) is 0 Å². The summed E-state index contributed by atoms with van der Waals surface area (Å²) in [6, 6.07) is 4.97. The Hall–Kier alpha value is -2.37. The number of amides is 1. The Morgan fingerprint density at radius 2 is 2.08 bits per heavy atom. The topological polar surface area (TPSA) is 72.9 Å². The van der Waals surface area contributed by atoms with Crippen molar-refractivity contribution >= 4 is 23.3 Å². The zero-order chi connectivity index (χ0) is 18.4. The second kappa shape index (κ2) is 8.65. The lowest BCUT2D eigenvalue weighted by Crippen LogP contribution is -2.42. The summed E-state index contributed by atoms with van der Waals surface area (Å²) in [6.45, 7) is 6.04. The number of rotatable bonds is 8. The number of fused-ring (bicyclic) bond motifs is 1. The van der Waals surface area contributed by atoms with Gasteiger partial charge in [-0.1, -0.05) is 20.8 Å². The molecule has 0 spiro atoms. The molecular weight excluding hydrogens is 322 g/mol. The molecule has 2 rings (SSSR count). The molecule has 0 saturated heterocycles. The van der Waals surface area contributed by atoms with Crippen molar-refractivity contribution in [3.05, 3.63) is 23.8 Å². The van der Waals surface area contributed by atoms with Crippen molar-refractivity contribution < 1.29 is 23.9 Å². The number of anilines is 1. The molecule has 0 fully saturated rings. The van der Waals surface area contributed by atoms with Crippen molar-refractivity contribution in [2.24, 2.45) is 5.92 Å². The third-order valence-electron chi connectivity index (χ3n) is 3.95. The van der Waals surface area contributed by atoms with Crippen molar-refractivity contribution in [1.82, 2.24) is 0 Å². The van der Waals surface area contributed by atoms with E-state index in [2.05, 4.69) is 0 Å². The molecule has 136 valence electrons. The number of carbonyl (C=O) groups excluding carboxylic acids is 3. The van der Waals surface area contributed by atoms with Crippen molar-refractivity contribution in [1.29, 1.82) is 0 Å². The number of nitrogens with zero attached hydrogens (tertiary/aromatic N) is 1. The summed E-state index contributed by atoms with van der Waals surface area (Å²) in [6.07, 6.45) is 1.96. The Morgan fingerprint density at radius 3 is 2.76 bits per heavy atom. The Labute approximate surface area is 148 Å². The molecule has 1 aromatic carbocycles. The standard InChI is InChI=1S/C19H25NO5/c1-4-5-16(21)14-6-7-17-15(10-14)20(18(22)12-25-17)11-19(23)24-9-8-13(2)3/h6-7,10,13H,4-5,8-9,11-12H2,1-3H3. The molecule has 0 unspecified atom stereocenters. The second-order valence-corrected chi connectivity index (χ2v) is 6.53. The number of hydrogen-bond acceptors (Lipinski definition) is 5. The van der Waals surface area contributed by atoms with E-state index in [1.807, 2.05) is 20.8 Å². The van der Waals surface area contributed by atoms with Crippen LogP contribution in [0.3, 0.4) is 0 Å². The highest BCUT2D eigenvalue weighted by Gasteiger charge is 2.28. The molecule has 6 heteroatoms. The third kappa shape index (κ3) is 5.05. The van der Waals surface area contributed by atoms with E-state index in [1.165, 1.54) is 4.90 Å². The molecular formula is C19H25NO5. The fraction of sp³-hybridized carbons (Fsp3) is 0.526. The van der Waals surface area contributed by atoms with Crippen LogP contribution in [0.5, 0.6) is 5.75 Å². The number of hydrogen-bond donors (Lipinski definition) is 0. The molecule has 1 amide bonds. The quantitative estimate of drug-likeness (QED) is 0.534. The lowest BCUT2D eigenvalue weighted by molar-refractivity contribution is -0.143. The molecule has 0 aliphatic carbocycles. The maximum Gasteiger partial charge on any atom is 0.326 e. The summed E-state index contributed by atoms with van der Waals surface area (Å²) in [5.74, 6) is 0.136. The predicted molar refractivity (Wildman–Crippen MR) is 93.9 cm³/mol. The van der Waals surface area contributed by atoms with Crippen molar-refractivity contribution in [3.8, 4) is 5.75 Å². The number of benzene rings is 1. The molecule has 0 aromatic heterocycles. The number of ketones is 1. The van der Waals surface area contributed by atoms with Crippen LogP contribution in [0.1, 0.15) is 50.4 Å². The van der Waals surface area contributed by atoms with Crippen LogP contribution in [0.15, 0.2) is 18.2 Å². The number of esters is 1. The van der Waals surface area contributed by atoms with E-state index in [1.54, 1.807) is 18.2 Å². The van der Waals surface area contributed by atoms with E-state index in [0.717, 1.165) is 12.8 Å². The Morgan fingerprint density at radius 1 is 1.32 bits per heavy atom. The van der Waals surface area contributed by atoms with Crippen LogP contribution in [0, 0.1) is 5.92 Å². The number of ether oxygens (including phenoxy) is 2. The van der Waals surface area contributed by atoms with Gasteiger partial charge in [-0.25, -0.2) is 0 Å². The van der Waals surface area contributed by atoms with Gasteiger partial charge in [0, 0.05) is 12.0 Å². The zero-order valence-corrected chi connectivity index (χ0v) is 15.0. The minimum Gasteiger partial charge on any atom is -0.482 e. The van der Waals surface area contributed by atoms with Gasteiger partial charge in [-0.05, 0) is 37.0 Å². The summed E-state index contributed by atoms with van der Waals surface area (Å²) in [7, 11) is 0. The average Bonchev–Trinajstić information content (AvgIpc) is 2.57. The first kappa shape index (κ1) is 19.0. The largest absolute Gasteiger partial charge is 0.482 e. The smallest absolute Gasteiger partial charge is 0.326 e. The van der Waals surface area contributed by atoms with Gasteiger partial charge in [-0.15, -0.1) is 0 Å². The van der Waals surface area contributed by atoms with Gasteiger partial charge in [0.1, 0.15) is 12.3 Å². The Bertz CT molecular complexity index is 653. The predicted octanol–water partition coefficient (Wildman–Crippen LogP) is 2.98. The van der Waals surface area contributed by atoms with Gasteiger partial charge >= 0.3 is 5.97 Å². The lowest BCUT2D eigenvalue weighted by Gasteiger charge is -2.29. The molecule has 0 radical (unpaired) electrons. The van der Waals surface area contributed by atoms with Crippen LogP contribution in [0.4, 0.5) is 5.69 Å². The molecule has 1 heterocycles. The summed E-state index contributed by atoms with van der Waals surface area (Å²) >= 11 is 0. The maximum absolute atomic E-state index is 12.2. The Kier molecular flexibility index (Phi) is 6.56. The van der Waals surface area contributed by atoms with E-state index in [-0.39, 0.29) is 24.8 Å². The van der Waals surface area contributed by atoms with Gasteiger partial charge in [-0.2, -0.15) is 0 Å². The van der Waals surface area contributed by atoms with E-state index < -0.39 is 5.97 Å². The summed E-state index contributed by atoms with van der Waals surface area (Å²) in [5, 5.41) is 0. The van der Waals surface area contributed by atoms with Gasteiger partial charge in [0.25, 0.3) is 5.91 Å². The second-order valence-electron chi connectivity index (χ2n) is 6.53. The molecule has 6 nitrogen and oxygen atoms in total. The fourth-order valence-electron chi connectivity index (χ4n) is 2.50. The highest BCUT2D eigenvalue weighted by Crippen LogP contribution is 2.33. The van der Waals surface area contributed by atoms with E-state index in [0.29, 0.717) is 35.9 Å². The molecule has 1 aliphatic heterocycles. The van der Waals surface area contributed by atoms with Gasteiger partial charge in [0.15, 0.2) is 12.4 Å². The summed E-state index contributed by atoms with van der Waals surface area (Å²) in [4.78, 5) is 37.7. The highest BCUT2D eigenvalue weighted by atomic mass is 16.5. The van der Waals surface area contributed by atoms with Gasteiger partial charge in [0.05, 0.1) is 12.3 Å². The minimum absolute atomic E-state index is 0.00258. The van der Waals surface area contributed by atoms with Gasteiger partial charge < -0.3 is 9.47 Å². The molecule has 0 saturated carbocycles. The first-order valence-electron chi connectivity index (χ1n) is 8.68. The Balaban J connectivity index is 2.14. The van der Waals surface area contributed by atoms with Crippen LogP contribution >= 0.6 is 0 Å². The van der Waals surface area contributed by atoms with Crippen LogP contribution in [-0.4, -0.2) is 37.4 Å². The van der Waals surface area contributed by atoms with Crippen molar-refractivity contribution in [2.75, 3.05) is 24.7 Å². The zero-order valence-electron chi connectivity index (χ0n) is 15.0. The molecule has 0 atom stereocenters. The average molecular weight is 347 g/mol. The van der Waals surface area contributed by atoms with Crippen molar-refractivity contribution in [2.45, 2.75) is 40.0 Å². The fourth-order valence-corrected chi connectivity index (χ4v) is 2.50. The normalized spacial score (nSPS) is 13.4. The van der Waals surface area contributed by atoms with Crippen LogP contribution in [0.25, 0.3) is 0 Å². The molecule has 1 aliphatic rings. The summed E-state index contributed by atoms with van der Waals surface area (Å²) in [5.41, 5.74) is 0.955. The first-order chi connectivity index (χ1) is 11.9. The molecule has 0 bridgehead atoms. The SMILES string of the molecule is CCCC(=O)c1ccc2c(c1)N(CC(=O)OCCC(C)C)C(=O)CO2. The summed E-state index contributed by atoms with van der Waals surface area (Å²) < 4.78 is 10.6. The van der Waals surface area contributed by atoms with Crippen LogP contribution in [0.2, 0.25) is 0 Å². The van der Waals surface area contributed by atoms with E-state index >= 15 is 0 Å².